The molecule has 0 bridgehead atoms. The summed E-state index contributed by atoms with van der Waals surface area (Å²) < 4.78 is 0. The summed E-state index contributed by atoms with van der Waals surface area (Å²) in [6.45, 7) is 7.08. The Morgan fingerprint density at radius 1 is 1.29 bits per heavy atom. The maximum Gasteiger partial charge on any atom is -0.0188 e. The number of hydrogen-bond acceptors (Lipinski definition) is 0. The van der Waals surface area contributed by atoms with Gasteiger partial charge in [0.25, 0.3) is 0 Å². The van der Waals surface area contributed by atoms with Crippen LogP contribution >= 0.6 is 0 Å². The van der Waals surface area contributed by atoms with Gasteiger partial charge >= 0.3 is 0 Å². The SMILES string of the molecule is CC(C)C/C1=C/CCCC(C)C2=C1CCC=C2. The Labute approximate surface area is 106 Å². The van der Waals surface area contributed by atoms with Crippen molar-refractivity contribution in [3.05, 3.63) is 34.9 Å². The van der Waals surface area contributed by atoms with Crippen LogP contribution in [0, 0.1) is 11.8 Å². The highest BCUT2D eigenvalue weighted by atomic mass is 14.2. The van der Waals surface area contributed by atoms with Crippen molar-refractivity contribution in [2.24, 2.45) is 11.8 Å². The van der Waals surface area contributed by atoms with Crippen molar-refractivity contribution in [2.75, 3.05) is 0 Å². The monoisotopic (exact) mass is 230 g/mol. The fourth-order valence-electron chi connectivity index (χ4n) is 3.12. The van der Waals surface area contributed by atoms with E-state index in [4.69, 9.17) is 0 Å². The van der Waals surface area contributed by atoms with Gasteiger partial charge in [0, 0.05) is 0 Å². The Morgan fingerprint density at radius 2 is 2.12 bits per heavy atom. The summed E-state index contributed by atoms with van der Waals surface area (Å²) in [5.41, 5.74) is 4.99. The van der Waals surface area contributed by atoms with Crippen LogP contribution in [0.1, 0.15) is 59.3 Å². The smallest absolute Gasteiger partial charge is 0.0188 e. The molecular formula is C17H26. The van der Waals surface area contributed by atoms with E-state index in [1.807, 2.05) is 0 Å². The molecule has 0 saturated heterocycles. The lowest BCUT2D eigenvalue weighted by atomic mass is 9.79. The quantitative estimate of drug-likeness (QED) is 0.593. The first-order valence-electron chi connectivity index (χ1n) is 7.27. The van der Waals surface area contributed by atoms with Crippen LogP contribution in [0.3, 0.4) is 0 Å². The summed E-state index contributed by atoms with van der Waals surface area (Å²) in [4.78, 5) is 0. The molecule has 0 aliphatic heterocycles. The van der Waals surface area contributed by atoms with Crippen molar-refractivity contribution in [3.8, 4) is 0 Å². The molecule has 2 aliphatic rings. The van der Waals surface area contributed by atoms with E-state index in [9.17, 15) is 0 Å². The summed E-state index contributed by atoms with van der Waals surface area (Å²) in [5.74, 6) is 1.54. The largest absolute Gasteiger partial charge is 0.0839 e. The lowest BCUT2D eigenvalue weighted by Gasteiger charge is -2.26. The molecule has 17 heavy (non-hydrogen) atoms. The lowest BCUT2D eigenvalue weighted by molar-refractivity contribution is 0.566. The van der Waals surface area contributed by atoms with E-state index in [0.29, 0.717) is 0 Å². The first-order valence-corrected chi connectivity index (χ1v) is 7.27. The zero-order valence-corrected chi connectivity index (χ0v) is 11.6. The Balaban J connectivity index is 2.33. The number of hydrogen-bond donors (Lipinski definition) is 0. The summed E-state index contributed by atoms with van der Waals surface area (Å²) in [6.07, 6.45) is 15.1. The van der Waals surface area contributed by atoms with Crippen LogP contribution in [0.5, 0.6) is 0 Å². The highest BCUT2D eigenvalue weighted by Gasteiger charge is 2.19. The fourth-order valence-corrected chi connectivity index (χ4v) is 3.12. The van der Waals surface area contributed by atoms with E-state index in [-0.39, 0.29) is 0 Å². The van der Waals surface area contributed by atoms with Crippen molar-refractivity contribution in [3.63, 3.8) is 0 Å². The van der Waals surface area contributed by atoms with Crippen molar-refractivity contribution in [2.45, 2.75) is 59.3 Å². The van der Waals surface area contributed by atoms with Crippen LogP contribution in [0.2, 0.25) is 0 Å². The first kappa shape index (κ1) is 12.7. The summed E-state index contributed by atoms with van der Waals surface area (Å²) in [6, 6.07) is 0. The minimum Gasteiger partial charge on any atom is -0.0839 e. The molecule has 0 radical (unpaired) electrons. The lowest BCUT2D eigenvalue weighted by Crippen LogP contribution is -2.09. The van der Waals surface area contributed by atoms with Gasteiger partial charge in [0.15, 0.2) is 0 Å². The van der Waals surface area contributed by atoms with Crippen LogP contribution in [-0.2, 0) is 0 Å². The molecule has 0 heteroatoms. The van der Waals surface area contributed by atoms with Crippen molar-refractivity contribution in [1.29, 1.82) is 0 Å². The van der Waals surface area contributed by atoms with E-state index < -0.39 is 0 Å². The van der Waals surface area contributed by atoms with Gasteiger partial charge in [-0.25, -0.2) is 0 Å². The van der Waals surface area contributed by atoms with Crippen molar-refractivity contribution in [1.82, 2.24) is 0 Å². The Bertz CT molecular complexity index is 352. The third-order valence-corrected chi connectivity index (χ3v) is 3.99. The average molecular weight is 230 g/mol. The number of allylic oxidation sites excluding steroid dienone is 6. The van der Waals surface area contributed by atoms with E-state index in [0.717, 1.165) is 11.8 Å². The molecule has 0 nitrogen and oxygen atoms in total. The van der Waals surface area contributed by atoms with Crippen molar-refractivity contribution < 1.29 is 0 Å². The van der Waals surface area contributed by atoms with Gasteiger partial charge in [-0.15, -0.1) is 0 Å². The van der Waals surface area contributed by atoms with Gasteiger partial charge in [-0.3, -0.25) is 0 Å². The molecular weight excluding hydrogens is 204 g/mol. The summed E-state index contributed by atoms with van der Waals surface area (Å²) >= 11 is 0. The first-order chi connectivity index (χ1) is 8.18. The van der Waals surface area contributed by atoms with Gasteiger partial charge in [0.2, 0.25) is 0 Å². The molecule has 0 N–H and O–H groups in total. The highest BCUT2D eigenvalue weighted by molar-refractivity contribution is 5.44. The van der Waals surface area contributed by atoms with E-state index in [1.165, 1.54) is 38.5 Å². The third-order valence-electron chi connectivity index (χ3n) is 3.99. The minimum atomic E-state index is 0.761. The van der Waals surface area contributed by atoms with Gasteiger partial charge in [0.05, 0.1) is 0 Å². The van der Waals surface area contributed by atoms with Gasteiger partial charge in [-0.1, -0.05) is 39.0 Å². The molecule has 2 rings (SSSR count). The minimum absolute atomic E-state index is 0.761. The molecule has 0 fully saturated rings. The molecule has 0 aromatic heterocycles. The second kappa shape index (κ2) is 5.71. The molecule has 0 aromatic rings. The van der Waals surface area contributed by atoms with E-state index in [1.54, 1.807) is 16.7 Å². The van der Waals surface area contributed by atoms with Crippen LogP contribution in [0.25, 0.3) is 0 Å². The Kier molecular flexibility index (Phi) is 4.25. The molecule has 0 amide bonds. The van der Waals surface area contributed by atoms with Gasteiger partial charge in [0.1, 0.15) is 0 Å². The third kappa shape index (κ3) is 3.12. The molecule has 0 aromatic carbocycles. The normalized spacial score (nSPS) is 28.5. The molecule has 1 atom stereocenters. The molecule has 94 valence electrons. The molecule has 1 unspecified atom stereocenters. The van der Waals surface area contributed by atoms with Crippen LogP contribution in [0.15, 0.2) is 34.9 Å². The Hall–Kier alpha value is -0.780. The van der Waals surface area contributed by atoms with E-state index >= 15 is 0 Å². The Morgan fingerprint density at radius 3 is 2.88 bits per heavy atom. The van der Waals surface area contributed by atoms with Gasteiger partial charge in [-0.2, -0.15) is 0 Å². The molecule has 0 saturated carbocycles. The summed E-state index contributed by atoms with van der Waals surface area (Å²) in [5, 5.41) is 0. The second-order valence-corrected chi connectivity index (χ2v) is 6.03. The van der Waals surface area contributed by atoms with Crippen LogP contribution in [-0.4, -0.2) is 0 Å². The van der Waals surface area contributed by atoms with E-state index in [2.05, 4.69) is 39.0 Å². The van der Waals surface area contributed by atoms with Crippen LogP contribution in [0.4, 0.5) is 0 Å². The zero-order chi connectivity index (χ0) is 12.3. The second-order valence-electron chi connectivity index (χ2n) is 6.03. The van der Waals surface area contributed by atoms with Gasteiger partial charge in [-0.05, 0) is 67.1 Å². The van der Waals surface area contributed by atoms with Crippen LogP contribution < -0.4 is 0 Å². The zero-order valence-electron chi connectivity index (χ0n) is 11.6. The average Bonchev–Trinajstić information content (AvgIpc) is 2.30. The standard InChI is InChI=1S/C17H26/c1-13(2)12-15-9-5-4-8-14(3)16-10-6-7-11-17(15)16/h6,9-10,13-14H,4-5,7-8,11-12H2,1-3H3/b15-9-. The maximum absolute atomic E-state index is 2.53. The molecule has 0 spiro atoms. The predicted molar refractivity (Wildman–Crippen MR) is 76.0 cm³/mol. The van der Waals surface area contributed by atoms with Crippen molar-refractivity contribution >= 4 is 0 Å². The topological polar surface area (TPSA) is 0 Å². The molecule has 0 heterocycles. The van der Waals surface area contributed by atoms with Gasteiger partial charge < -0.3 is 0 Å². The summed E-state index contributed by atoms with van der Waals surface area (Å²) in [7, 11) is 0. The maximum atomic E-state index is 2.53. The molecule has 2 aliphatic carbocycles. The predicted octanol–water partition coefficient (Wildman–Crippen LogP) is 5.43. The fraction of sp³-hybridized carbons (Fsp3) is 0.647. The number of rotatable bonds is 2. The highest BCUT2D eigenvalue weighted by Crippen LogP contribution is 2.36.